The van der Waals surface area contributed by atoms with E-state index in [1.54, 1.807) is 29.8 Å². The molecule has 2 rings (SSSR count). The summed E-state index contributed by atoms with van der Waals surface area (Å²) < 4.78 is 5.72. The first-order valence-corrected chi connectivity index (χ1v) is 9.44. The van der Waals surface area contributed by atoms with Gasteiger partial charge in [-0.2, -0.15) is 0 Å². The SMILES string of the molecule is CCCOc1cc(NC(=O)CC(C)(C)C)ccc1C(=O)Nc1nccs1. The highest BCUT2D eigenvalue weighted by molar-refractivity contribution is 7.13. The van der Waals surface area contributed by atoms with Gasteiger partial charge in [0.1, 0.15) is 5.75 Å². The van der Waals surface area contributed by atoms with Crippen LogP contribution in [0.5, 0.6) is 5.75 Å². The first kappa shape index (κ1) is 19.9. The Labute approximate surface area is 158 Å². The average Bonchev–Trinajstić information content (AvgIpc) is 3.04. The molecule has 0 bridgehead atoms. The van der Waals surface area contributed by atoms with Crippen LogP contribution in [0.2, 0.25) is 0 Å². The third-order valence-electron chi connectivity index (χ3n) is 3.32. The molecule has 0 spiro atoms. The normalized spacial score (nSPS) is 11.1. The zero-order valence-electron chi connectivity index (χ0n) is 15.6. The van der Waals surface area contributed by atoms with Crippen molar-refractivity contribution in [2.75, 3.05) is 17.2 Å². The molecule has 2 amide bonds. The van der Waals surface area contributed by atoms with Crippen LogP contribution in [0.3, 0.4) is 0 Å². The van der Waals surface area contributed by atoms with Crippen molar-refractivity contribution in [3.8, 4) is 5.75 Å². The molecular weight excluding hydrogens is 350 g/mol. The van der Waals surface area contributed by atoms with Gasteiger partial charge in [-0.15, -0.1) is 11.3 Å². The molecule has 0 aliphatic heterocycles. The number of benzene rings is 1. The van der Waals surface area contributed by atoms with Crippen molar-refractivity contribution in [1.82, 2.24) is 4.98 Å². The highest BCUT2D eigenvalue weighted by Gasteiger charge is 2.18. The van der Waals surface area contributed by atoms with Gasteiger partial charge in [0, 0.05) is 29.8 Å². The van der Waals surface area contributed by atoms with E-state index in [1.165, 1.54) is 11.3 Å². The summed E-state index contributed by atoms with van der Waals surface area (Å²) >= 11 is 1.35. The lowest BCUT2D eigenvalue weighted by molar-refractivity contribution is -0.117. The summed E-state index contributed by atoms with van der Waals surface area (Å²) in [7, 11) is 0. The molecule has 0 aliphatic carbocycles. The third-order valence-corrected chi connectivity index (χ3v) is 4.00. The molecule has 1 aromatic heterocycles. The molecule has 140 valence electrons. The molecule has 0 saturated heterocycles. The highest BCUT2D eigenvalue weighted by Crippen LogP contribution is 2.26. The number of ether oxygens (including phenoxy) is 1. The number of carbonyl (C=O) groups excluding carboxylic acids is 2. The fourth-order valence-electron chi connectivity index (χ4n) is 2.26. The number of hydrogen-bond donors (Lipinski definition) is 2. The lowest BCUT2D eigenvalue weighted by atomic mass is 9.92. The van der Waals surface area contributed by atoms with Gasteiger partial charge in [0.25, 0.3) is 5.91 Å². The summed E-state index contributed by atoms with van der Waals surface area (Å²) in [6.07, 6.45) is 2.85. The van der Waals surface area contributed by atoms with E-state index in [9.17, 15) is 9.59 Å². The Morgan fingerprint density at radius 1 is 1.23 bits per heavy atom. The maximum absolute atomic E-state index is 12.5. The van der Waals surface area contributed by atoms with E-state index in [0.717, 1.165) is 6.42 Å². The van der Waals surface area contributed by atoms with Crippen LogP contribution in [-0.4, -0.2) is 23.4 Å². The van der Waals surface area contributed by atoms with E-state index in [4.69, 9.17) is 4.74 Å². The Morgan fingerprint density at radius 3 is 2.62 bits per heavy atom. The van der Waals surface area contributed by atoms with Crippen molar-refractivity contribution in [2.24, 2.45) is 5.41 Å². The Morgan fingerprint density at radius 2 is 2.00 bits per heavy atom. The minimum Gasteiger partial charge on any atom is -0.493 e. The minimum atomic E-state index is -0.293. The van der Waals surface area contributed by atoms with Crippen LogP contribution in [0.15, 0.2) is 29.8 Å². The summed E-state index contributed by atoms with van der Waals surface area (Å²) in [5, 5.41) is 7.93. The summed E-state index contributed by atoms with van der Waals surface area (Å²) in [6, 6.07) is 5.05. The van der Waals surface area contributed by atoms with Crippen LogP contribution in [-0.2, 0) is 4.79 Å². The van der Waals surface area contributed by atoms with Crippen molar-refractivity contribution in [3.05, 3.63) is 35.3 Å². The largest absolute Gasteiger partial charge is 0.493 e. The quantitative estimate of drug-likeness (QED) is 0.743. The number of rotatable bonds is 7. The van der Waals surface area contributed by atoms with Crippen molar-refractivity contribution in [3.63, 3.8) is 0 Å². The molecule has 1 aromatic carbocycles. The monoisotopic (exact) mass is 375 g/mol. The fraction of sp³-hybridized carbons (Fsp3) is 0.421. The van der Waals surface area contributed by atoms with E-state index >= 15 is 0 Å². The Balaban J connectivity index is 2.17. The van der Waals surface area contributed by atoms with Crippen molar-refractivity contribution in [2.45, 2.75) is 40.5 Å². The number of amides is 2. The molecule has 0 unspecified atom stereocenters. The molecular formula is C19H25N3O3S. The Bertz CT molecular complexity index is 752. The van der Waals surface area contributed by atoms with E-state index in [2.05, 4.69) is 15.6 Å². The zero-order chi connectivity index (χ0) is 19.2. The number of anilines is 2. The van der Waals surface area contributed by atoms with Gasteiger partial charge >= 0.3 is 0 Å². The molecule has 1 heterocycles. The van der Waals surface area contributed by atoms with E-state index in [1.807, 2.05) is 27.7 Å². The second-order valence-electron chi connectivity index (χ2n) is 7.14. The summed E-state index contributed by atoms with van der Waals surface area (Å²) in [5.41, 5.74) is 0.915. The second kappa shape index (κ2) is 8.80. The molecule has 6 nitrogen and oxygen atoms in total. The summed E-state index contributed by atoms with van der Waals surface area (Å²) in [5.74, 6) is 0.0759. The molecule has 0 radical (unpaired) electrons. The van der Waals surface area contributed by atoms with E-state index in [0.29, 0.717) is 35.2 Å². The Hall–Kier alpha value is -2.41. The maximum Gasteiger partial charge on any atom is 0.261 e. The Kier molecular flexibility index (Phi) is 6.74. The predicted octanol–water partition coefficient (Wildman–Crippen LogP) is 4.56. The predicted molar refractivity (Wildman–Crippen MR) is 105 cm³/mol. The lowest BCUT2D eigenvalue weighted by Crippen LogP contribution is -2.20. The van der Waals surface area contributed by atoms with Crippen molar-refractivity contribution < 1.29 is 14.3 Å². The highest BCUT2D eigenvalue weighted by atomic mass is 32.1. The summed E-state index contributed by atoms with van der Waals surface area (Å²) in [6.45, 7) is 8.50. The molecule has 2 N–H and O–H groups in total. The number of hydrogen-bond acceptors (Lipinski definition) is 5. The van der Waals surface area contributed by atoms with Crippen LogP contribution in [0.25, 0.3) is 0 Å². The van der Waals surface area contributed by atoms with Crippen LogP contribution in [0.1, 0.15) is 50.9 Å². The number of nitrogens with one attached hydrogen (secondary N) is 2. The third kappa shape index (κ3) is 6.15. The minimum absolute atomic E-state index is 0.0704. The topological polar surface area (TPSA) is 80.3 Å². The van der Waals surface area contributed by atoms with Gasteiger partial charge in [0.2, 0.25) is 5.91 Å². The van der Waals surface area contributed by atoms with Crippen LogP contribution < -0.4 is 15.4 Å². The van der Waals surface area contributed by atoms with E-state index < -0.39 is 0 Å². The van der Waals surface area contributed by atoms with Gasteiger partial charge in [-0.3, -0.25) is 14.9 Å². The number of carbonyl (C=O) groups is 2. The molecule has 0 aliphatic rings. The van der Waals surface area contributed by atoms with E-state index in [-0.39, 0.29) is 17.2 Å². The van der Waals surface area contributed by atoms with Gasteiger partial charge < -0.3 is 10.1 Å². The zero-order valence-corrected chi connectivity index (χ0v) is 16.4. The molecule has 0 atom stereocenters. The maximum atomic E-state index is 12.5. The summed E-state index contributed by atoms with van der Waals surface area (Å²) in [4.78, 5) is 28.7. The van der Waals surface area contributed by atoms with Gasteiger partial charge in [-0.05, 0) is 24.0 Å². The van der Waals surface area contributed by atoms with Gasteiger partial charge in [-0.25, -0.2) is 4.98 Å². The fourth-order valence-corrected chi connectivity index (χ4v) is 2.78. The molecule has 7 heteroatoms. The standard InChI is InChI=1S/C19H25N3O3S/c1-5-9-25-15-11-13(21-16(23)12-19(2,3)4)6-7-14(15)17(24)22-18-20-8-10-26-18/h6-8,10-11H,5,9,12H2,1-4H3,(H,21,23)(H,20,22,24). The number of nitrogens with zero attached hydrogens (tertiary/aromatic N) is 1. The first-order chi connectivity index (χ1) is 12.3. The molecule has 2 aromatic rings. The number of thiazole rings is 1. The van der Waals surface area contributed by atoms with Crippen molar-refractivity contribution in [1.29, 1.82) is 0 Å². The average molecular weight is 375 g/mol. The van der Waals surface area contributed by atoms with Crippen LogP contribution in [0, 0.1) is 5.41 Å². The smallest absolute Gasteiger partial charge is 0.261 e. The van der Waals surface area contributed by atoms with Gasteiger partial charge in [-0.1, -0.05) is 27.7 Å². The first-order valence-electron chi connectivity index (χ1n) is 8.56. The molecule has 0 saturated carbocycles. The van der Waals surface area contributed by atoms with Crippen LogP contribution in [0.4, 0.5) is 10.8 Å². The number of aromatic nitrogens is 1. The van der Waals surface area contributed by atoms with Crippen LogP contribution >= 0.6 is 11.3 Å². The molecule has 26 heavy (non-hydrogen) atoms. The van der Waals surface area contributed by atoms with Gasteiger partial charge in [0.15, 0.2) is 5.13 Å². The lowest BCUT2D eigenvalue weighted by Gasteiger charge is -2.18. The molecule has 0 fully saturated rings. The second-order valence-corrected chi connectivity index (χ2v) is 8.03. The van der Waals surface area contributed by atoms with Crippen molar-refractivity contribution >= 4 is 34.0 Å². The van der Waals surface area contributed by atoms with Gasteiger partial charge in [0.05, 0.1) is 12.2 Å².